The Morgan fingerprint density at radius 1 is 1.31 bits per heavy atom. The fraction of sp³-hybridized carbons (Fsp3) is 0.800. The zero-order valence-corrected chi connectivity index (χ0v) is 8.79. The molecule has 0 fully saturated rings. The summed E-state index contributed by atoms with van der Waals surface area (Å²) in [6.45, 7) is 7.36. The molecule has 3 nitrogen and oxygen atoms in total. The minimum atomic E-state index is -0.579. The molecule has 0 saturated carbocycles. The maximum Gasteiger partial charge on any atom is 0.316 e. The highest BCUT2D eigenvalue weighted by Crippen LogP contribution is 2.17. The zero-order valence-electron chi connectivity index (χ0n) is 8.79. The summed E-state index contributed by atoms with van der Waals surface area (Å²) in [6.07, 6.45) is 0.809. The van der Waals surface area contributed by atoms with E-state index in [9.17, 15) is 9.59 Å². The van der Waals surface area contributed by atoms with Crippen molar-refractivity contribution in [2.45, 2.75) is 34.1 Å². The van der Waals surface area contributed by atoms with Crippen LogP contribution in [0.5, 0.6) is 0 Å². The third-order valence-electron chi connectivity index (χ3n) is 2.19. The summed E-state index contributed by atoms with van der Waals surface area (Å²) >= 11 is 0. The summed E-state index contributed by atoms with van der Waals surface area (Å²) in [6, 6.07) is 0. The van der Waals surface area contributed by atoms with Gasteiger partial charge in [-0.2, -0.15) is 0 Å². The molecule has 2 atom stereocenters. The van der Waals surface area contributed by atoms with Crippen molar-refractivity contribution in [2.75, 3.05) is 6.61 Å². The van der Waals surface area contributed by atoms with Crippen molar-refractivity contribution in [3.8, 4) is 0 Å². The third kappa shape index (κ3) is 3.57. The molecule has 0 spiro atoms. The molecular formula is C10H18O3. The van der Waals surface area contributed by atoms with Crippen molar-refractivity contribution in [3.05, 3.63) is 0 Å². The Labute approximate surface area is 79.5 Å². The number of carbonyl (C=O) groups excluding carboxylic acids is 2. The van der Waals surface area contributed by atoms with E-state index in [0.717, 1.165) is 6.42 Å². The van der Waals surface area contributed by atoms with Crippen molar-refractivity contribution < 1.29 is 14.3 Å². The van der Waals surface area contributed by atoms with E-state index in [1.54, 1.807) is 6.92 Å². The third-order valence-corrected chi connectivity index (χ3v) is 2.19. The number of Topliss-reactive ketones (excluding diaryl/α,β-unsaturated/α-hetero) is 1. The number of hydrogen-bond acceptors (Lipinski definition) is 3. The minimum absolute atomic E-state index is 0.0662. The molecule has 13 heavy (non-hydrogen) atoms. The standard InChI is InChI=1S/C10H18O3/c1-5-7(3)9(8(4)11)10(12)13-6-2/h7,9H,5-6H2,1-4H3. The van der Waals surface area contributed by atoms with Crippen LogP contribution in [0.4, 0.5) is 0 Å². The lowest BCUT2D eigenvalue weighted by Crippen LogP contribution is -2.30. The van der Waals surface area contributed by atoms with Gasteiger partial charge >= 0.3 is 5.97 Å². The Morgan fingerprint density at radius 3 is 2.15 bits per heavy atom. The van der Waals surface area contributed by atoms with E-state index in [1.165, 1.54) is 6.92 Å². The maximum atomic E-state index is 11.3. The van der Waals surface area contributed by atoms with Gasteiger partial charge in [0, 0.05) is 0 Å². The van der Waals surface area contributed by atoms with Crippen LogP contribution in [-0.2, 0) is 14.3 Å². The van der Waals surface area contributed by atoms with E-state index in [4.69, 9.17) is 4.74 Å². The van der Waals surface area contributed by atoms with Gasteiger partial charge in [-0.25, -0.2) is 0 Å². The quantitative estimate of drug-likeness (QED) is 0.485. The summed E-state index contributed by atoms with van der Waals surface area (Å²) in [5.41, 5.74) is 0. The smallest absolute Gasteiger partial charge is 0.316 e. The van der Waals surface area contributed by atoms with Crippen LogP contribution < -0.4 is 0 Å². The first-order chi connectivity index (χ1) is 6.04. The molecule has 0 radical (unpaired) electrons. The van der Waals surface area contributed by atoms with E-state index in [2.05, 4.69) is 0 Å². The van der Waals surface area contributed by atoms with Gasteiger partial charge in [0.05, 0.1) is 6.61 Å². The highest BCUT2D eigenvalue weighted by Gasteiger charge is 2.29. The van der Waals surface area contributed by atoms with Gasteiger partial charge in [-0.3, -0.25) is 9.59 Å². The molecule has 0 aliphatic heterocycles. The van der Waals surface area contributed by atoms with Gasteiger partial charge < -0.3 is 4.74 Å². The van der Waals surface area contributed by atoms with Crippen LogP contribution in [0.2, 0.25) is 0 Å². The lowest BCUT2D eigenvalue weighted by molar-refractivity contribution is -0.153. The molecule has 0 aromatic carbocycles. The number of esters is 1. The van der Waals surface area contributed by atoms with Gasteiger partial charge in [-0.15, -0.1) is 0 Å². The van der Waals surface area contributed by atoms with Gasteiger partial charge in [-0.1, -0.05) is 20.3 Å². The van der Waals surface area contributed by atoms with E-state index in [0.29, 0.717) is 6.61 Å². The minimum Gasteiger partial charge on any atom is -0.465 e. The van der Waals surface area contributed by atoms with Gasteiger partial charge in [0.2, 0.25) is 0 Å². The first-order valence-electron chi connectivity index (χ1n) is 4.71. The van der Waals surface area contributed by atoms with Crippen molar-refractivity contribution >= 4 is 11.8 Å². The molecule has 3 heteroatoms. The Kier molecular flexibility index (Phi) is 5.35. The van der Waals surface area contributed by atoms with E-state index < -0.39 is 5.92 Å². The summed E-state index contributed by atoms with van der Waals surface area (Å²) in [5, 5.41) is 0. The highest BCUT2D eigenvalue weighted by molar-refractivity contribution is 5.97. The molecule has 2 unspecified atom stereocenters. The lowest BCUT2D eigenvalue weighted by atomic mass is 9.89. The fourth-order valence-electron chi connectivity index (χ4n) is 1.27. The van der Waals surface area contributed by atoms with E-state index in [-0.39, 0.29) is 17.7 Å². The first kappa shape index (κ1) is 12.1. The Hall–Kier alpha value is -0.860. The van der Waals surface area contributed by atoms with Crippen LogP contribution in [0, 0.1) is 11.8 Å². The molecule has 0 N–H and O–H groups in total. The van der Waals surface area contributed by atoms with Crippen LogP contribution >= 0.6 is 0 Å². The van der Waals surface area contributed by atoms with E-state index >= 15 is 0 Å². The predicted molar refractivity (Wildman–Crippen MR) is 50.3 cm³/mol. The molecule has 0 bridgehead atoms. The molecule has 0 aliphatic rings. The molecule has 0 rings (SSSR count). The molecular weight excluding hydrogens is 168 g/mol. The lowest BCUT2D eigenvalue weighted by Gasteiger charge is -2.17. The molecule has 0 saturated heterocycles. The van der Waals surface area contributed by atoms with Crippen molar-refractivity contribution in [3.63, 3.8) is 0 Å². The summed E-state index contributed by atoms with van der Waals surface area (Å²) in [7, 11) is 0. The molecule has 0 amide bonds. The van der Waals surface area contributed by atoms with Crippen LogP contribution in [0.25, 0.3) is 0 Å². The van der Waals surface area contributed by atoms with Crippen molar-refractivity contribution in [2.24, 2.45) is 11.8 Å². The molecule has 0 aromatic heterocycles. The molecule has 76 valence electrons. The fourth-order valence-corrected chi connectivity index (χ4v) is 1.27. The monoisotopic (exact) mass is 186 g/mol. The first-order valence-corrected chi connectivity index (χ1v) is 4.71. The Balaban J connectivity index is 4.41. The summed E-state index contributed by atoms with van der Waals surface area (Å²) in [4.78, 5) is 22.5. The SMILES string of the molecule is CCOC(=O)C(C(C)=O)C(C)CC. The number of rotatable bonds is 5. The number of ether oxygens (including phenoxy) is 1. The van der Waals surface area contributed by atoms with Crippen LogP contribution in [-0.4, -0.2) is 18.4 Å². The van der Waals surface area contributed by atoms with Gasteiger partial charge in [-0.05, 0) is 19.8 Å². The van der Waals surface area contributed by atoms with Crippen LogP contribution in [0.15, 0.2) is 0 Å². The second-order valence-electron chi connectivity index (χ2n) is 3.23. The highest BCUT2D eigenvalue weighted by atomic mass is 16.5. The van der Waals surface area contributed by atoms with Crippen molar-refractivity contribution in [1.82, 2.24) is 0 Å². The van der Waals surface area contributed by atoms with Crippen molar-refractivity contribution in [1.29, 1.82) is 0 Å². The summed E-state index contributed by atoms with van der Waals surface area (Å²) < 4.78 is 4.83. The second kappa shape index (κ2) is 5.73. The van der Waals surface area contributed by atoms with Crippen LogP contribution in [0.3, 0.4) is 0 Å². The topological polar surface area (TPSA) is 43.4 Å². The largest absolute Gasteiger partial charge is 0.465 e. The number of carbonyl (C=O) groups is 2. The van der Waals surface area contributed by atoms with Gasteiger partial charge in [0.1, 0.15) is 11.7 Å². The normalized spacial score (nSPS) is 14.8. The number of hydrogen-bond donors (Lipinski definition) is 0. The predicted octanol–water partition coefficient (Wildman–Crippen LogP) is 1.80. The number of ketones is 1. The van der Waals surface area contributed by atoms with Gasteiger partial charge in [0.25, 0.3) is 0 Å². The Morgan fingerprint density at radius 2 is 1.85 bits per heavy atom. The molecule has 0 aliphatic carbocycles. The maximum absolute atomic E-state index is 11.3. The average Bonchev–Trinajstić information content (AvgIpc) is 2.04. The Bertz CT molecular complexity index is 187. The van der Waals surface area contributed by atoms with Crippen LogP contribution in [0.1, 0.15) is 34.1 Å². The van der Waals surface area contributed by atoms with Gasteiger partial charge in [0.15, 0.2) is 0 Å². The molecule has 0 heterocycles. The second-order valence-corrected chi connectivity index (χ2v) is 3.23. The van der Waals surface area contributed by atoms with E-state index in [1.807, 2.05) is 13.8 Å². The zero-order chi connectivity index (χ0) is 10.4. The molecule has 0 aromatic rings. The summed E-state index contributed by atoms with van der Waals surface area (Å²) in [5.74, 6) is -1.00. The average molecular weight is 186 g/mol.